The highest BCUT2D eigenvalue weighted by Crippen LogP contribution is 2.71. The third-order valence-electron chi connectivity index (χ3n) is 8.97. The van der Waals surface area contributed by atoms with E-state index in [1.54, 1.807) is 26.8 Å². The zero-order valence-corrected chi connectivity index (χ0v) is 17.6. The van der Waals surface area contributed by atoms with Crippen LogP contribution in [0, 0.1) is 28.6 Å². The summed E-state index contributed by atoms with van der Waals surface area (Å²) in [5.74, 6) is -2.14. The monoisotopic (exact) mass is 420 g/mol. The van der Waals surface area contributed by atoms with Crippen molar-refractivity contribution in [3.63, 3.8) is 0 Å². The second-order valence-electron chi connectivity index (χ2n) is 9.93. The fraction of sp³-hybridized carbons (Fsp3) is 0.696. The van der Waals surface area contributed by atoms with Crippen LogP contribution >= 0.6 is 0 Å². The number of Topliss-reactive ketones (excluding diaryl/α,β-unsaturated/α-hetero) is 1. The van der Waals surface area contributed by atoms with Gasteiger partial charge in [0.15, 0.2) is 17.1 Å². The summed E-state index contributed by atoms with van der Waals surface area (Å²) in [4.78, 5) is 36.2. The Morgan fingerprint density at radius 2 is 2.07 bits per heavy atom. The van der Waals surface area contributed by atoms with Crippen molar-refractivity contribution in [2.45, 2.75) is 63.8 Å². The topological polar surface area (TPSA) is 101 Å². The standard InChI is InChI=1S/C23H29FO6/c1-13-8-17-16-5-4-14-9-15(27)6-7-20(14,2)22(16,24)18(28)10-21(17,3)23(13,30-12-26)19(29)11-25/h6-7,9,12-13,16-18,25,28H,4-5,8,10-11H2,1-3H3/t13?,16-,17-,18-,20-,21-,22-,23+/m0/s1. The molecule has 4 rings (SSSR count). The van der Waals surface area contributed by atoms with Crippen molar-refractivity contribution < 1.29 is 33.7 Å². The maximum Gasteiger partial charge on any atom is 0.294 e. The molecule has 30 heavy (non-hydrogen) atoms. The average molecular weight is 420 g/mol. The number of halogens is 1. The van der Waals surface area contributed by atoms with E-state index in [4.69, 9.17) is 4.74 Å². The maximum atomic E-state index is 17.0. The van der Waals surface area contributed by atoms with Crippen molar-refractivity contribution in [2.24, 2.45) is 28.6 Å². The molecule has 0 aromatic rings. The van der Waals surface area contributed by atoms with Gasteiger partial charge in [0.1, 0.15) is 6.61 Å². The lowest BCUT2D eigenvalue weighted by atomic mass is 9.44. The first kappa shape index (κ1) is 21.4. The van der Waals surface area contributed by atoms with Crippen molar-refractivity contribution in [1.29, 1.82) is 0 Å². The highest BCUT2D eigenvalue weighted by atomic mass is 19.1. The Hall–Kier alpha value is -1.86. The number of alkyl halides is 1. The van der Waals surface area contributed by atoms with Crippen molar-refractivity contribution in [3.05, 3.63) is 23.8 Å². The molecule has 6 nitrogen and oxygen atoms in total. The fourth-order valence-corrected chi connectivity index (χ4v) is 7.63. The Morgan fingerprint density at radius 3 is 2.70 bits per heavy atom. The van der Waals surface area contributed by atoms with Crippen LogP contribution in [0.3, 0.4) is 0 Å². The summed E-state index contributed by atoms with van der Waals surface area (Å²) in [7, 11) is 0. The van der Waals surface area contributed by atoms with Crippen LogP contribution < -0.4 is 0 Å². The van der Waals surface area contributed by atoms with E-state index in [-0.39, 0.29) is 24.6 Å². The van der Waals surface area contributed by atoms with Gasteiger partial charge >= 0.3 is 0 Å². The zero-order chi connectivity index (χ0) is 22.1. The van der Waals surface area contributed by atoms with Gasteiger partial charge in [-0.15, -0.1) is 0 Å². The van der Waals surface area contributed by atoms with Gasteiger partial charge in [-0.05, 0) is 50.7 Å². The van der Waals surface area contributed by atoms with Crippen LogP contribution in [0.2, 0.25) is 0 Å². The molecule has 0 amide bonds. The van der Waals surface area contributed by atoms with E-state index >= 15 is 4.39 Å². The first-order chi connectivity index (χ1) is 14.0. The van der Waals surface area contributed by atoms with Gasteiger partial charge in [-0.1, -0.05) is 25.5 Å². The zero-order valence-electron chi connectivity index (χ0n) is 17.6. The maximum absolute atomic E-state index is 17.0. The van der Waals surface area contributed by atoms with Crippen LogP contribution in [0.1, 0.15) is 46.5 Å². The molecular formula is C23H29FO6. The van der Waals surface area contributed by atoms with Gasteiger partial charge in [-0.25, -0.2) is 4.39 Å². The van der Waals surface area contributed by atoms with E-state index in [1.807, 2.05) is 0 Å². The third kappa shape index (κ3) is 2.23. The van der Waals surface area contributed by atoms with E-state index in [0.717, 1.165) is 0 Å². The fourth-order valence-electron chi connectivity index (χ4n) is 7.63. The van der Waals surface area contributed by atoms with E-state index in [1.165, 1.54) is 12.2 Å². The minimum Gasteiger partial charge on any atom is -0.452 e. The van der Waals surface area contributed by atoms with Crippen LogP contribution in [-0.2, 0) is 19.1 Å². The molecule has 0 saturated heterocycles. The molecule has 0 heterocycles. The van der Waals surface area contributed by atoms with Crippen LogP contribution in [0.25, 0.3) is 0 Å². The van der Waals surface area contributed by atoms with Crippen molar-refractivity contribution in [2.75, 3.05) is 6.61 Å². The quantitative estimate of drug-likeness (QED) is 0.676. The Morgan fingerprint density at radius 1 is 1.37 bits per heavy atom. The number of aliphatic hydroxyl groups is 2. The predicted molar refractivity (Wildman–Crippen MR) is 105 cm³/mol. The Balaban J connectivity index is 1.86. The largest absolute Gasteiger partial charge is 0.452 e. The van der Waals surface area contributed by atoms with Crippen molar-refractivity contribution in [3.8, 4) is 0 Å². The number of allylic oxidation sites excluding steroid dienone is 4. The van der Waals surface area contributed by atoms with Crippen LogP contribution in [-0.4, -0.2) is 52.2 Å². The third-order valence-corrected chi connectivity index (χ3v) is 8.97. The Kier molecular flexibility index (Phi) is 4.68. The first-order valence-corrected chi connectivity index (χ1v) is 10.6. The number of fused-ring (bicyclic) bond motifs is 5. The van der Waals surface area contributed by atoms with E-state index in [2.05, 4.69) is 0 Å². The smallest absolute Gasteiger partial charge is 0.294 e. The Labute approximate surface area is 175 Å². The molecule has 0 aromatic heterocycles. The molecule has 7 heteroatoms. The molecule has 3 fully saturated rings. The molecule has 0 aromatic carbocycles. The van der Waals surface area contributed by atoms with Gasteiger partial charge in [0.25, 0.3) is 6.47 Å². The number of carbonyl (C=O) groups is 3. The second kappa shape index (κ2) is 6.57. The number of carbonyl (C=O) groups excluding carboxylic acids is 3. The number of hydrogen-bond acceptors (Lipinski definition) is 6. The SMILES string of the molecule is CC1C[C@H]2[C@@H]3CCC4=CC(=O)C=C[C@]4(C)[C@@]3(F)[C@@H](O)C[C@]2(C)[C@]1(OC=O)C(=O)CO. The van der Waals surface area contributed by atoms with Crippen LogP contribution in [0.5, 0.6) is 0 Å². The minimum absolute atomic E-state index is 0.0841. The molecule has 8 atom stereocenters. The Bertz CT molecular complexity index is 866. The lowest BCUT2D eigenvalue weighted by Crippen LogP contribution is -2.69. The summed E-state index contributed by atoms with van der Waals surface area (Å²) in [5, 5.41) is 20.9. The average Bonchev–Trinajstić information content (AvgIpc) is 2.91. The predicted octanol–water partition coefficient (Wildman–Crippen LogP) is 2.08. The van der Waals surface area contributed by atoms with Gasteiger partial charge in [-0.2, -0.15) is 0 Å². The molecular weight excluding hydrogens is 391 g/mol. The van der Waals surface area contributed by atoms with Crippen LogP contribution in [0.15, 0.2) is 23.8 Å². The molecule has 0 aliphatic heterocycles. The summed E-state index contributed by atoms with van der Waals surface area (Å²) < 4.78 is 22.5. The van der Waals surface area contributed by atoms with E-state index in [0.29, 0.717) is 24.8 Å². The summed E-state index contributed by atoms with van der Waals surface area (Å²) in [6, 6.07) is 0. The summed E-state index contributed by atoms with van der Waals surface area (Å²) in [5.41, 5.74) is -5.07. The minimum atomic E-state index is -2.02. The number of rotatable bonds is 4. The molecule has 2 N–H and O–H groups in total. The molecule has 164 valence electrons. The second-order valence-corrected chi connectivity index (χ2v) is 9.93. The molecule has 0 bridgehead atoms. The first-order valence-electron chi connectivity index (χ1n) is 10.6. The lowest BCUT2D eigenvalue weighted by molar-refractivity contribution is -0.224. The van der Waals surface area contributed by atoms with Gasteiger partial charge in [0.2, 0.25) is 5.78 Å². The highest BCUT2D eigenvalue weighted by Gasteiger charge is 2.76. The number of aliphatic hydroxyl groups excluding tert-OH is 2. The number of hydrogen-bond donors (Lipinski definition) is 2. The van der Waals surface area contributed by atoms with Crippen molar-refractivity contribution >= 4 is 18.0 Å². The van der Waals surface area contributed by atoms with Crippen LogP contribution in [0.4, 0.5) is 4.39 Å². The van der Waals surface area contributed by atoms with Crippen molar-refractivity contribution in [1.82, 2.24) is 0 Å². The van der Waals surface area contributed by atoms with E-state index in [9.17, 15) is 24.6 Å². The molecule has 0 spiro atoms. The van der Waals surface area contributed by atoms with Gasteiger partial charge in [0, 0.05) is 22.7 Å². The molecule has 1 unspecified atom stereocenters. The molecule has 4 aliphatic carbocycles. The highest BCUT2D eigenvalue weighted by molar-refractivity contribution is 6.01. The van der Waals surface area contributed by atoms with Gasteiger partial charge in [-0.3, -0.25) is 14.4 Å². The lowest BCUT2D eigenvalue weighted by Gasteiger charge is -2.62. The summed E-state index contributed by atoms with van der Waals surface area (Å²) in [6.07, 6.45) is 4.29. The number of ketones is 2. The van der Waals surface area contributed by atoms with Gasteiger partial charge < -0.3 is 14.9 Å². The number of ether oxygens (including phenoxy) is 1. The normalized spacial score (nSPS) is 49.5. The molecule has 3 saturated carbocycles. The molecule has 4 aliphatic rings. The summed E-state index contributed by atoms with van der Waals surface area (Å²) in [6.45, 7) is 4.71. The summed E-state index contributed by atoms with van der Waals surface area (Å²) >= 11 is 0. The molecule has 0 radical (unpaired) electrons. The van der Waals surface area contributed by atoms with Gasteiger partial charge in [0.05, 0.1) is 6.10 Å². The van der Waals surface area contributed by atoms with E-state index < -0.39 is 52.4 Å².